The predicted molar refractivity (Wildman–Crippen MR) is 82.4 cm³/mol. The van der Waals surface area contributed by atoms with Gasteiger partial charge in [-0.2, -0.15) is 10.2 Å². The van der Waals surface area contributed by atoms with Gasteiger partial charge in [0.1, 0.15) is 0 Å². The fourth-order valence-electron chi connectivity index (χ4n) is 1.43. The Kier molecular flexibility index (Phi) is 4.73. The highest BCUT2D eigenvalue weighted by Crippen LogP contribution is 2.11. The lowest BCUT2D eigenvalue weighted by Gasteiger charge is -1.92. The zero-order chi connectivity index (χ0) is 14.4. The Labute approximate surface area is 123 Å². The number of halogens is 1. The van der Waals surface area contributed by atoms with Crippen LogP contribution in [-0.2, 0) is 0 Å². The number of nitrogens with zero attached hydrogens (tertiary/aromatic N) is 3. The van der Waals surface area contributed by atoms with Gasteiger partial charge in [-0.1, -0.05) is 28.1 Å². The van der Waals surface area contributed by atoms with Gasteiger partial charge in [-0.05, 0) is 35.4 Å². The van der Waals surface area contributed by atoms with E-state index in [1.807, 2.05) is 24.3 Å². The molecule has 0 saturated heterocycles. The fraction of sp³-hybridized carbons (Fsp3) is 0. The maximum atomic E-state index is 10.5. The van der Waals surface area contributed by atoms with Crippen molar-refractivity contribution in [3.05, 3.63) is 74.2 Å². The van der Waals surface area contributed by atoms with E-state index in [9.17, 15) is 10.1 Å². The molecule has 0 saturated carbocycles. The molecule has 0 aliphatic heterocycles. The van der Waals surface area contributed by atoms with Crippen molar-refractivity contribution >= 4 is 34.0 Å². The molecule has 6 heteroatoms. The molecule has 0 heterocycles. The third-order valence-corrected chi connectivity index (χ3v) is 2.98. The van der Waals surface area contributed by atoms with Crippen molar-refractivity contribution in [1.29, 1.82) is 0 Å². The van der Waals surface area contributed by atoms with Crippen LogP contribution in [0.15, 0.2) is 63.2 Å². The zero-order valence-electron chi connectivity index (χ0n) is 10.3. The molecule has 0 spiro atoms. The Balaban J connectivity index is 1.99. The van der Waals surface area contributed by atoms with E-state index in [4.69, 9.17) is 0 Å². The summed E-state index contributed by atoms with van der Waals surface area (Å²) in [5.74, 6) is 0. The average molecular weight is 332 g/mol. The number of rotatable bonds is 4. The molecule has 0 unspecified atom stereocenters. The smallest absolute Gasteiger partial charge is 0.258 e. The van der Waals surface area contributed by atoms with E-state index in [0.29, 0.717) is 0 Å². The Bertz CT molecular complexity index is 649. The minimum absolute atomic E-state index is 0.0560. The maximum absolute atomic E-state index is 10.5. The second-order valence-electron chi connectivity index (χ2n) is 3.89. The molecular weight excluding hydrogens is 322 g/mol. The average Bonchev–Trinajstić information content (AvgIpc) is 2.46. The molecule has 0 bridgehead atoms. The minimum Gasteiger partial charge on any atom is -0.258 e. The van der Waals surface area contributed by atoms with E-state index >= 15 is 0 Å². The zero-order valence-corrected chi connectivity index (χ0v) is 11.9. The van der Waals surface area contributed by atoms with Crippen LogP contribution in [0.1, 0.15) is 11.1 Å². The first kappa shape index (κ1) is 14.1. The molecule has 2 aromatic carbocycles. The van der Waals surface area contributed by atoms with Gasteiger partial charge >= 0.3 is 0 Å². The Hall–Kier alpha value is -2.34. The first-order valence-corrected chi connectivity index (χ1v) is 6.51. The summed E-state index contributed by atoms with van der Waals surface area (Å²) in [6, 6.07) is 13.8. The molecule has 20 heavy (non-hydrogen) atoms. The molecule has 0 fully saturated rings. The molecule has 5 nitrogen and oxygen atoms in total. The van der Waals surface area contributed by atoms with Gasteiger partial charge in [-0.3, -0.25) is 10.1 Å². The van der Waals surface area contributed by atoms with Gasteiger partial charge in [0.15, 0.2) is 0 Å². The van der Waals surface area contributed by atoms with Crippen LogP contribution in [0, 0.1) is 10.1 Å². The number of nitro groups is 1. The first-order valence-electron chi connectivity index (χ1n) is 5.71. The van der Waals surface area contributed by atoms with Gasteiger partial charge in [0.05, 0.1) is 17.4 Å². The summed E-state index contributed by atoms with van der Waals surface area (Å²) >= 11 is 3.35. The highest BCUT2D eigenvalue weighted by atomic mass is 79.9. The Morgan fingerprint density at radius 1 is 0.900 bits per heavy atom. The van der Waals surface area contributed by atoms with Crippen molar-refractivity contribution in [2.24, 2.45) is 10.2 Å². The summed E-state index contributed by atoms with van der Waals surface area (Å²) in [4.78, 5) is 10.1. The fourth-order valence-corrected chi connectivity index (χ4v) is 1.70. The van der Waals surface area contributed by atoms with Gasteiger partial charge in [-0.15, -0.1) is 0 Å². The first-order chi connectivity index (χ1) is 9.65. The molecular formula is C14H10BrN3O2. The van der Waals surface area contributed by atoms with Crippen molar-refractivity contribution in [3.8, 4) is 0 Å². The second kappa shape index (κ2) is 6.72. The molecule has 0 N–H and O–H groups in total. The SMILES string of the molecule is O=[N+]([O-])c1ccc(/C=N\N=C/c2ccc(Br)cc2)cc1. The topological polar surface area (TPSA) is 67.9 Å². The summed E-state index contributed by atoms with van der Waals surface area (Å²) in [6.45, 7) is 0. The third kappa shape index (κ3) is 4.10. The highest BCUT2D eigenvalue weighted by molar-refractivity contribution is 9.10. The van der Waals surface area contributed by atoms with Crippen molar-refractivity contribution < 1.29 is 4.92 Å². The van der Waals surface area contributed by atoms with E-state index in [2.05, 4.69) is 26.1 Å². The number of benzene rings is 2. The quantitative estimate of drug-likeness (QED) is 0.485. The summed E-state index contributed by atoms with van der Waals surface area (Å²) in [6.07, 6.45) is 3.17. The van der Waals surface area contributed by atoms with Crippen LogP contribution in [-0.4, -0.2) is 17.4 Å². The number of nitro benzene ring substituents is 1. The molecule has 2 rings (SSSR count). The predicted octanol–water partition coefficient (Wildman–Crippen LogP) is 3.81. The molecule has 0 radical (unpaired) electrons. The second-order valence-corrected chi connectivity index (χ2v) is 4.81. The molecule has 2 aromatic rings. The normalized spacial score (nSPS) is 11.2. The molecule has 0 aromatic heterocycles. The van der Waals surface area contributed by atoms with Crippen LogP contribution in [0.3, 0.4) is 0 Å². The standard InChI is InChI=1S/C14H10BrN3O2/c15-13-5-1-11(2-6-13)9-16-17-10-12-3-7-14(8-4-12)18(19)20/h1-10H/b16-9-,17-10-. The number of hydrogen-bond acceptors (Lipinski definition) is 4. The molecule has 100 valence electrons. The Morgan fingerprint density at radius 3 is 1.80 bits per heavy atom. The van der Waals surface area contributed by atoms with Crippen molar-refractivity contribution in [2.45, 2.75) is 0 Å². The maximum Gasteiger partial charge on any atom is 0.269 e. The van der Waals surface area contributed by atoms with E-state index in [1.54, 1.807) is 24.6 Å². The lowest BCUT2D eigenvalue weighted by molar-refractivity contribution is -0.384. The van der Waals surface area contributed by atoms with Gasteiger partial charge < -0.3 is 0 Å². The molecule has 0 amide bonds. The van der Waals surface area contributed by atoms with E-state index in [1.165, 1.54) is 12.1 Å². The van der Waals surface area contributed by atoms with Crippen molar-refractivity contribution in [1.82, 2.24) is 0 Å². The monoisotopic (exact) mass is 331 g/mol. The largest absolute Gasteiger partial charge is 0.269 e. The van der Waals surface area contributed by atoms with E-state index in [-0.39, 0.29) is 5.69 Å². The van der Waals surface area contributed by atoms with Crippen LogP contribution >= 0.6 is 15.9 Å². The van der Waals surface area contributed by atoms with Crippen LogP contribution in [0.2, 0.25) is 0 Å². The molecule has 0 aliphatic rings. The highest BCUT2D eigenvalue weighted by Gasteiger charge is 2.02. The van der Waals surface area contributed by atoms with Crippen LogP contribution < -0.4 is 0 Å². The summed E-state index contributed by atoms with van der Waals surface area (Å²) in [7, 11) is 0. The number of non-ortho nitro benzene ring substituents is 1. The van der Waals surface area contributed by atoms with Gasteiger partial charge in [-0.25, -0.2) is 0 Å². The molecule has 0 atom stereocenters. The van der Waals surface area contributed by atoms with Crippen LogP contribution in [0.5, 0.6) is 0 Å². The lowest BCUT2D eigenvalue weighted by Crippen LogP contribution is -1.88. The van der Waals surface area contributed by atoms with Gasteiger partial charge in [0.25, 0.3) is 5.69 Å². The van der Waals surface area contributed by atoms with E-state index in [0.717, 1.165) is 15.6 Å². The lowest BCUT2D eigenvalue weighted by atomic mass is 10.2. The summed E-state index contributed by atoms with van der Waals surface area (Å²) in [5, 5.41) is 18.3. The summed E-state index contributed by atoms with van der Waals surface area (Å²) < 4.78 is 1.00. The summed E-state index contributed by atoms with van der Waals surface area (Å²) in [5.41, 5.74) is 1.75. The van der Waals surface area contributed by atoms with Crippen molar-refractivity contribution in [2.75, 3.05) is 0 Å². The number of hydrogen-bond donors (Lipinski definition) is 0. The van der Waals surface area contributed by atoms with Crippen molar-refractivity contribution in [3.63, 3.8) is 0 Å². The molecule has 0 aliphatic carbocycles. The van der Waals surface area contributed by atoms with Gasteiger partial charge in [0.2, 0.25) is 0 Å². The van der Waals surface area contributed by atoms with E-state index < -0.39 is 4.92 Å². The van der Waals surface area contributed by atoms with Crippen LogP contribution in [0.4, 0.5) is 5.69 Å². The van der Waals surface area contributed by atoms with Crippen LogP contribution in [0.25, 0.3) is 0 Å². The minimum atomic E-state index is -0.438. The Morgan fingerprint density at radius 2 is 1.35 bits per heavy atom. The third-order valence-electron chi connectivity index (χ3n) is 2.45. The van der Waals surface area contributed by atoms with Gasteiger partial charge in [0, 0.05) is 16.6 Å².